The number of carbonyl (C=O) groups excluding carboxylic acids is 1. The number of methoxy groups -OCH3 is 1. The van der Waals surface area contributed by atoms with Gasteiger partial charge < -0.3 is 15.8 Å². The van der Waals surface area contributed by atoms with E-state index in [4.69, 9.17) is 10.5 Å². The van der Waals surface area contributed by atoms with E-state index in [2.05, 4.69) is 5.32 Å². The van der Waals surface area contributed by atoms with Crippen LogP contribution in [-0.4, -0.2) is 31.7 Å². The Labute approximate surface area is 79.8 Å². The standard InChI is InChI=1S/C9H20N2O2/c1-4-5-8(10)9(12)11-6-7(2)13-3/h7-8H,4-6,10H2,1-3H3,(H,11,12)/t7?,8-/m0/s1. The number of nitrogens with one attached hydrogen (secondary N) is 1. The number of nitrogens with two attached hydrogens (primary N) is 1. The van der Waals surface area contributed by atoms with E-state index in [9.17, 15) is 4.79 Å². The number of rotatable bonds is 6. The minimum Gasteiger partial charge on any atom is -0.380 e. The molecule has 13 heavy (non-hydrogen) atoms. The Bertz CT molecular complexity index is 151. The van der Waals surface area contributed by atoms with Gasteiger partial charge in [-0.05, 0) is 13.3 Å². The van der Waals surface area contributed by atoms with E-state index in [-0.39, 0.29) is 18.1 Å². The van der Waals surface area contributed by atoms with Gasteiger partial charge in [-0.25, -0.2) is 0 Å². The van der Waals surface area contributed by atoms with Crippen LogP contribution in [0.4, 0.5) is 0 Å². The molecule has 4 heteroatoms. The molecule has 0 rings (SSSR count). The molecule has 0 aromatic carbocycles. The summed E-state index contributed by atoms with van der Waals surface area (Å²) >= 11 is 0. The van der Waals surface area contributed by atoms with Crippen LogP contribution in [0.5, 0.6) is 0 Å². The third-order valence-electron chi connectivity index (χ3n) is 1.90. The lowest BCUT2D eigenvalue weighted by Gasteiger charge is -2.14. The Morgan fingerprint density at radius 3 is 2.69 bits per heavy atom. The molecule has 1 amide bonds. The van der Waals surface area contributed by atoms with Crippen molar-refractivity contribution in [3.05, 3.63) is 0 Å². The van der Waals surface area contributed by atoms with Crippen LogP contribution in [-0.2, 0) is 9.53 Å². The summed E-state index contributed by atoms with van der Waals surface area (Å²) in [5.41, 5.74) is 5.60. The number of ether oxygens (including phenoxy) is 1. The molecule has 0 aromatic heterocycles. The molecule has 0 aliphatic heterocycles. The van der Waals surface area contributed by atoms with Gasteiger partial charge in [0.15, 0.2) is 0 Å². The topological polar surface area (TPSA) is 64.4 Å². The Kier molecular flexibility index (Phi) is 6.54. The molecule has 0 saturated heterocycles. The first kappa shape index (κ1) is 12.4. The minimum atomic E-state index is -0.381. The van der Waals surface area contributed by atoms with Crippen LogP contribution >= 0.6 is 0 Å². The summed E-state index contributed by atoms with van der Waals surface area (Å²) in [4.78, 5) is 11.3. The van der Waals surface area contributed by atoms with Crippen LogP contribution in [0.2, 0.25) is 0 Å². The molecule has 4 nitrogen and oxygen atoms in total. The molecule has 0 bridgehead atoms. The van der Waals surface area contributed by atoms with Gasteiger partial charge in [-0.3, -0.25) is 4.79 Å². The van der Waals surface area contributed by atoms with Crippen molar-refractivity contribution in [2.45, 2.75) is 38.8 Å². The van der Waals surface area contributed by atoms with Crippen LogP contribution in [0, 0.1) is 0 Å². The van der Waals surface area contributed by atoms with E-state index in [1.807, 2.05) is 13.8 Å². The van der Waals surface area contributed by atoms with Crippen LogP contribution in [0.25, 0.3) is 0 Å². The van der Waals surface area contributed by atoms with Gasteiger partial charge in [-0.15, -0.1) is 0 Å². The molecule has 0 aliphatic rings. The number of hydrogen-bond donors (Lipinski definition) is 2. The highest BCUT2D eigenvalue weighted by molar-refractivity contribution is 5.81. The second kappa shape index (κ2) is 6.86. The molecule has 0 heterocycles. The fourth-order valence-corrected chi connectivity index (χ4v) is 0.901. The van der Waals surface area contributed by atoms with Crippen molar-refractivity contribution in [2.75, 3.05) is 13.7 Å². The summed E-state index contributed by atoms with van der Waals surface area (Å²) in [5, 5.41) is 2.73. The van der Waals surface area contributed by atoms with Gasteiger partial charge in [0.05, 0.1) is 12.1 Å². The van der Waals surface area contributed by atoms with E-state index in [0.29, 0.717) is 6.54 Å². The van der Waals surface area contributed by atoms with Crippen molar-refractivity contribution in [3.63, 3.8) is 0 Å². The van der Waals surface area contributed by atoms with Crippen molar-refractivity contribution in [1.29, 1.82) is 0 Å². The summed E-state index contributed by atoms with van der Waals surface area (Å²) in [5.74, 6) is -0.0919. The molecular formula is C9H20N2O2. The van der Waals surface area contributed by atoms with E-state index in [1.165, 1.54) is 0 Å². The Morgan fingerprint density at radius 1 is 1.62 bits per heavy atom. The summed E-state index contributed by atoms with van der Waals surface area (Å²) in [6.07, 6.45) is 1.69. The molecule has 0 spiro atoms. The third kappa shape index (κ3) is 5.60. The van der Waals surface area contributed by atoms with Crippen LogP contribution in [0.3, 0.4) is 0 Å². The van der Waals surface area contributed by atoms with Crippen LogP contribution in [0.1, 0.15) is 26.7 Å². The Balaban J connectivity index is 3.61. The van der Waals surface area contributed by atoms with Crippen LogP contribution in [0.15, 0.2) is 0 Å². The molecule has 78 valence electrons. The van der Waals surface area contributed by atoms with Gasteiger partial charge in [0.25, 0.3) is 0 Å². The van der Waals surface area contributed by atoms with Crippen molar-refractivity contribution in [2.24, 2.45) is 5.73 Å². The summed E-state index contributed by atoms with van der Waals surface area (Å²) in [6.45, 7) is 4.42. The lowest BCUT2D eigenvalue weighted by atomic mass is 10.1. The average molecular weight is 188 g/mol. The molecule has 3 N–H and O–H groups in total. The maximum atomic E-state index is 11.3. The first-order chi connectivity index (χ1) is 6.11. The highest BCUT2D eigenvalue weighted by Gasteiger charge is 2.12. The summed E-state index contributed by atoms with van der Waals surface area (Å²) in [6, 6.07) is -0.381. The number of amides is 1. The molecular weight excluding hydrogens is 168 g/mol. The van der Waals surface area contributed by atoms with E-state index >= 15 is 0 Å². The monoisotopic (exact) mass is 188 g/mol. The molecule has 0 fully saturated rings. The SMILES string of the molecule is CCC[C@H](N)C(=O)NCC(C)OC. The zero-order valence-corrected chi connectivity index (χ0v) is 8.67. The van der Waals surface area contributed by atoms with E-state index < -0.39 is 0 Å². The van der Waals surface area contributed by atoms with E-state index in [1.54, 1.807) is 7.11 Å². The number of hydrogen-bond acceptors (Lipinski definition) is 3. The van der Waals surface area contributed by atoms with E-state index in [0.717, 1.165) is 12.8 Å². The first-order valence-corrected chi connectivity index (χ1v) is 4.67. The largest absolute Gasteiger partial charge is 0.380 e. The number of carbonyl (C=O) groups is 1. The normalized spacial score (nSPS) is 15.1. The quantitative estimate of drug-likeness (QED) is 0.628. The van der Waals surface area contributed by atoms with Crippen molar-refractivity contribution < 1.29 is 9.53 Å². The maximum Gasteiger partial charge on any atom is 0.237 e. The molecule has 0 aliphatic carbocycles. The lowest BCUT2D eigenvalue weighted by molar-refractivity contribution is -0.123. The minimum absolute atomic E-state index is 0.0396. The van der Waals surface area contributed by atoms with Gasteiger partial charge in [-0.2, -0.15) is 0 Å². The fourth-order valence-electron chi connectivity index (χ4n) is 0.901. The molecule has 1 unspecified atom stereocenters. The highest BCUT2D eigenvalue weighted by atomic mass is 16.5. The first-order valence-electron chi connectivity index (χ1n) is 4.67. The van der Waals surface area contributed by atoms with Crippen molar-refractivity contribution in [3.8, 4) is 0 Å². The smallest absolute Gasteiger partial charge is 0.237 e. The van der Waals surface area contributed by atoms with Gasteiger partial charge in [0, 0.05) is 13.7 Å². The predicted molar refractivity (Wildman–Crippen MR) is 52.4 cm³/mol. The van der Waals surface area contributed by atoms with Crippen molar-refractivity contribution >= 4 is 5.91 Å². The molecule has 0 aromatic rings. The van der Waals surface area contributed by atoms with Gasteiger partial charge in [0.2, 0.25) is 5.91 Å². The maximum absolute atomic E-state index is 11.3. The summed E-state index contributed by atoms with van der Waals surface area (Å²) < 4.78 is 4.98. The molecule has 2 atom stereocenters. The Hall–Kier alpha value is -0.610. The van der Waals surface area contributed by atoms with Gasteiger partial charge in [0.1, 0.15) is 0 Å². The zero-order chi connectivity index (χ0) is 10.3. The average Bonchev–Trinajstić information content (AvgIpc) is 2.13. The van der Waals surface area contributed by atoms with Crippen LogP contribution < -0.4 is 11.1 Å². The fraction of sp³-hybridized carbons (Fsp3) is 0.889. The zero-order valence-electron chi connectivity index (χ0n) is 8.67. The second-order valence-corrected chi connectivity index (χ2v) is 3.19. The highest BCUT2D eigenvalue weighted by Crippen LogP contribution is 1.93. The Morgan fingerprint density at radius 2 is 2.23 bits per heavy atom. The molecule has 0 radical (unpaired) electrons. The lowest BCUT2D eigenvalue weighted by Crippen LogP contribution is -2.43. The van der Waals surface area contributed by atoms with Crippen molar-refractivity contribution in [1.82, 2.24) is 5.32 Å². The third-order valence-corrected chi connectivity index (χ3v) is 1.90. The second-order valence-electron chi connectivity index (χ2n) is 3.19. The predicted octanol–water partition coefficient (Wildman–Crippen LogP) is 0.265. The summed E-state index contributed by atoms with van der Waals surface area (Å²) in [7, 11) is 1.61. The van der Waals surface area contributed by atoms with Gasteiger partial charge >= 0.3 is 0 Å². The van der Waals surface area contributed by atoms with Gasteiger partial charge in [-0.1, -0.05) is 13.3 Å². The molecule has 0 saturated carbocycles.